The first-order valence-electron chi connectivity index (χ1n) is 6.83. The summed E-state index contributed by atoms with van der Waals surface area (Å²) in [6.45, 7) is 6.20. The highest BCUT2D eigenvalue weighted by Gasteiger charge is 2.36. The number of carboxylic acids is 1. The second kappa shape index (κ2) is 5.77. The average Bonchev–Trinajstić information content (AvgIpc) is 2.75. The molecule has 2 fully saturated rings. The van der Waals surface area contributed by atoms with E-state index in [-0.39, 0.29) is 19.2 Å². The molecule has 2 saturated heterocycles. The number of urea groups is 1. The normalized spacial score (nSPS) is 35.2. The number of carbonyl (C=O) groups excluding carboxylic acids is 1. The third kappa shape index (κ3) is 3.37. The van der Waals surface area contributed by atoms with E-state index >= 15 is 0 Å². The number of nitrogens with zero attached hydrogens (tertiary/aromatic N) is 1. The van der Waals surface area contributed by atoms with Gasteiger partial charge in [-0.25, -0.2) is 4.79 Å². The molecule has 6 heteroatoms. The zero-order chi connectivity index (χ0) is 14.0. The predicted molar refractivity (Wildman–Crippen MR) is 68.8 cm³/mol. The fourth-order valence-electron chi connectivity index (χ4n) is 3.02. The van der Waals surface area contributed by atoms with Crippen LogP contribution < -0.4 is 5.32 Å². The molecular formula is C13H22N2O4. The largest absolute Gasteiger partial charge is 0.481 e. The second-order valence-corrected chi connectivity index (χ2v) is 5.89. The number of aliphatic carboxylic acids is 1. The van der Waals surface area contributed by atoms with Gasteiger partial charge >= 0.3 is 12.0 Å². The molecule has 0 saturated carbocycles. The van der Waals surface area contributed by atoms with Crippen LogP contribution in [0.3, 0.4) is 0 Å². The molecule has 0 aromatic carbocycles. The molecule has 108 valence electrons. The van der Waals surface area contributed by atoms with Crippen LogP contribution >= 0.6 is 0 Å². The van der Waals surface area contributed by atoms with E-state index in [1.165, 1.54) is 0 Å². The second-order valence-electron chi connectivity index (χ2n) is 5.89. The van der Waals surface area contributed by atoms with Crippen LogP contribution in [-0.2, 0) is 9.53 Å². The topological polar surface area (TPSA) is 78.9 Å². The van der Waals surface area contributed by atoms with E-state index in [2.05, 4.69) is 19.2 Å². The van der Waals surface area contributed by atoms with E-state index in [1.807, 2.05) is 0 Å². The van der Waals surface area contributed by atoms with Gasteiger partial charge in [0, 0.05) is 13.1 Å². The zero-order valence-corrected chi connectivity index (χ0v) is 11.5. The van der Waals surface area contributed by atoms with Crippen molar-refractivity contribution in [3.05, 3.63) is 0 Å². The Kier molecular flexibility index (Phi) is 4.29. The molecule has 4 atom stereocenters. The van der Waals surface area contributed by atoms with Gasteiger partial charge in [0.2, 0.25) is 0 Å². The molecule has 0 bridgehead atoms. The van der Waals surface area contributed by atoms with E-state index < -0.39 is 17.9 Å². The lowest BCUT2D eigenvalue weighted by molar-refractivity contribution is -0.142. The van der Waals surface area contributed by atoms with Gasteiger partial charge in [-0.2, -0.15) is 0 Å². The minimum Gasteiger partial charge on any atom is -0.481 e. The summed E-state index contributed by atoms with van der Waals surface area (Å²) in [6.07, 6.45) is 1.13. The van der Waals surface area contributed by atoms with E-state index in [9.17, 15) is 9.59 Å². The number of hydrogen-bond acceptors (Lipinski definition) is 3. The van der Waals surface area contributed by atoms with E-state index in [0.29, 0.717) is 11.8 Å². The molecule has 2 rings (SSSR count). The maximum atomic E-state index is 12.2. The fourth-order valence-corrected chi connectivity index (χ4v) is 3.02. The van der Waals surface area contributed by atoms with Crippen molar-refractivity contribution in [3.63, 3.8) is 0 Å². The first-order valence-corrected chi connectivity index (χ1v) is 6.83. The van der Waals surface area contributed by atoms with E-state index in [1.54, 1.807) is 4.90 Å². The van der Waals surface area contributed by atoms with Crippen molar-refractivity contribution in [2.24, 2.45) is 17.8 Å². The Morgan fingerprint density at radius 3 is 2.42 bits per heavy atom. The number of rotatable bonds is 2. The molecule has 2 aliphatic heterocycles. The molecule has 19 heavy (non-hydrogen) atoms. The van der Waals surface area contributed by atoms with Gasteiger partial charge in [0.05, 0.1) is 19.3 Å². The van der Waals surface area contributed by atoms with Crippen LogP contribution in [0.2, 0.25) is 0 Å². The van der Waals surface area contributed by atoms with Gasteiger partial charge in [-0.05, 0) is 18.3 Å². The summed E-state index contributed by atoms with van der Waals surface area (Å²) in [7, 11) is 0. The van der Waals surface area contributed by atoms with Crippen molar-refractivity contribution in [3.8, 4) is 0 Å². The number of carbonyl (C=O) groups is 2. The Labute approximate surface area is 113 Å². The number of nitrogens with one attached hydrogen (secondary N) is 1. The highest BCUT2D eigenvalue weighted by Crippen LogP contribution is 2.21. The van der Waals surface area contributed by atoms with Crippen LogP contribution in [-0.4, -0.2) is 54.4 Å². The quantitative estimate of drug-likeness (QED) is 0.777. The summed E-state index contributed by atoms with van der Waals surface area (Å²) in [5.74, 6) is -0.569. The van der Waals surface area contributed by atoms with Crippen LogP contribution in [0, 0.1) is 17.8 Å². The van der Waals surface area contributed by atoms with Gasteiger partial charge in [-0.15, -0.1) is 0 Å². The maximum absolute atomic E-state index is 12.2. The van der Waals surface area contributed by atoms with Crippen LogP contribution in [0.25, 0.3) is 0 Å². The van der Waals surface area contributed by atoms with Crippen molar-refractivity contribution in [1.29, 1.82) is 0 Å². The van der Waals surface area contributed by atoms with Crippen molar-refractivity contribution in [2.75, 3.05) is 26.3 Å². The lowest BCUT2D eigenvalue weighted by atomic mass is 9.92. The molecule has 4 unspecified atom stereocenters. The third-order valence-corrected chi connectivity index (χ3v) is 3.86. The molecule has 2 aliphatic rings. The lowest BCUT2D eigenvalue weighted by Gasteiger charge is -2.35. The summed E-state index contributed by atoms with van der Waals surface area (Å²) in [5, 5.41) is 11.8. The van der Waals surface area contributed by atoms with Crippen molar-refractivity contribution < 1.29 is 19.4 Å². The number of ether oxygens (including phenoxy) is 1. The van der Waals surface area contributed by atoms with Gasteiger partial charge in [0.1, 0.15) is 5.92 Å². The smallest absolute Gasteiger partial charge is 0.317 e. The molecule has 0 spiro atoms. The summed E-state index contributed by atoms with van der Waals surface area (Å²) < 4.78 is 5.15. The first kappa shape index (κ1) is 14.1. The summed E-state index contributed by atoms with van der Waals surface area (Å²) in [6, 6.07) is -0.585. The van der Waals surface area contributed by atoms with Crippen LogP contribution in [0.5, 0.6) is 0 Å². The third-order valence-electron chi connectivity index (χ3n) is 3.86. The van der Waals surface area contributed by atoms with E-state index in [0.717, 1.165) is 19.5 Å². The predicted octanol–water partition coefficient (Wildman–Crippen LogP) is 0.773. The van der Waals surface area contributed by atoms with Crippen LogP contribution in [0.15, 0.2) is 0 Å². The van der Waals surface area contributed by atoms with Crippen molar-refractivity contribution in [2.45, 2.75) is 26.3 Å². The average molecular weight is 270 g/mol. The number of carboxylic acid groups (broad SMARTS) is 1. The highest BCUT2D eigenvalue weighted by atomic mass is 16.5. The molecule has 0 aliphatic carbocycles. The Morgan fingerprint density at radius 1 is 1.21 bits per heavy atom. The molecule has 0 aromatic heterocycles. The Bertz CT molecular complexity index is 351. The van der Waals surface area contributed by atoms with Gasteiger partial charge in [0.25, 0.3) is 0 Å². The monoisotopic (exact) mass is 270 g/mol. The Hall–Kier alpha value is -1.30. The lowest BCUT2D eigenvalue weighted by Crippen LogP contribution is -2.52. The molecule has 2 N–H and O–H groups in total. The highest BCUT2D eigenvalue weighted by molar-refractivity contribution is 5.77. The molecule has 6 nitrogen and oxygen atoms in total. The van der Waals surface area contributed by atoms with Gasteiger partial charge in [-0.3, -0.25) is 4.79 Å². The SMILES string of the molecule is CC1CC(C)CN(C(=O)NC2COCC2C(=O)O)C1. The Morgan fingerprint density at radius 2 is 1.84 bits per heavy atom. The van der Waals surface area contributed by atoms with E-state index in [4.69, 9.17) is 9.84 Å². The summed E-state index contributed by atoms with van der Waals surface area (Å²) >= 11 is 0. The van der Waals surface area contributed by atoms with Crippen LogP contribution in [0.1, 0.15) is 20.3 Å². The van der Waals surface area contributed by atoms with Gasteiger partial charge < -0.3 is 20.1 Å². The standard InChI is InChI=1S/C13H22N2O4/c1-8-3-9(2)5-15(4-8)13(18)14-11-7-19-6-10(11)12(16)17/h8-11H,3-7H2,1-2H3,(H,14,18)(H,16,17). The number of hydrogen-bond donors (Lipinski definition) is 2. The number of amides is 2. The van der Waals surface area contributed by atoms with Gasteiger partial charge in [0.15, 0.2) is 0 Å². The fraction of sp³-hybridized carbons (Fsp3) is 0.846. The zero-order valence-electron chi connectivity index (χ0n) is 11.5. The molecule has 2 amide bonds. The minimum absolute atomic E-state index is 0.167. The van der Waals surface area contributed by atoms with Crippen LogP contribution in [0.4, 0.5) is 4.79 Å². The summed E-state index contributed by atoms with van der Waals surface area (Å²) in [5.41, 5.74) is 0. The van der Waals surface area contributed by atoms with Gasteiger partial charge in [-0.1, -0.05) is 13.8 Å². The Balaban J connectivity index is 1.91. The van der Waals surface area contributed by atoms with Crippen molar-refractivity contribution >= 4 is 12.0 Å². The molecular weight excluding hydrogens is 248 g/mol. The van der Waals surface area contributed by atoms with Crippen molar-refractivity contribution in [1.82, 2.24) is 10.2 Å². The number of likely N-dealkylation sites (tertiary alicyclic amines) is 1. The first-order chi connectivity index (χ1) is 8.97. The molecule has 0 radical (unpaired) electrons. The number of piperidine rings is 1. The molecule has 2 heterocycles. The minimum atomic E-state index is -0.914. The summed E-state index contributed by atoms with van der Waals surface area (Å²) in [4.78, 5) is 25.0. The maximum Gasteiger partial charge on any atom is 0.317 e. The molecule has 0 aromatic rings.